The summed E-state index contributed by atoms with van der Waals surface area (Å²) < 4.78 is 10.9. The molecule has 1 saturated heterocycles. The average Bonchev–Trinajstić information content (AvgIpc) is 2.77. The summed E-state index contributed by atoms with van der Waals surface area (Å²) in [7, 11) is 0. The zero-order valence-corrected chi connectivity index (χ0v) is 11.5. The van der Waals surface area contributed by atoms with Crippen LogP contribution in [0.2, 0.25) is 0 Å². The second-order valence-electron chi connectivity index (χ2n) is 5.35. The normalized spacial score (nSPS) is 20.2. The van der Waals surface area contributed by atoms with E-state index in [2.05, 4.69) is 36.1 Å². The summed E-state index contributed by atoms with van der Waals surface area (Å²) in [5.74, 6) is 0.929. The van der Waals surface area contributed by atoms with Gasteiger partial charge in [0.2, 0.25) is 0 Å². The quantitative estimate of drug-likeness (QED) is 0.859. The van der Waals surface area contributed by atoms with E-state index in [1.807, 2.05) is 6.07 Å². The minimum atomic E-state index is 0.0624. The van der Waals surface area contributed by atoms with Crippen LogP contribution < -0.4 is 5.32 Å². The lowest BCUT2D eigenvalue weighted by Gasteiger charge is -2.41. The molecule has 102 valence electrons. The topological polar surface area (TPSA) is 50.5 Å². The molecule has 0 atom stereocenters. The van der Waals surface area contributed by atoms with Crippen LogP contribution in [0.1, 0.15) is 32.2 Å². The maximum absolute atomic E-state index is 5.51. The van der Waals surface area contributed by atoms with Crippen LogP contribution in [0.4, 0.5) is 0 Å². The van der Waals surface area contributed by atoms with E-state index in [-0.39, 0.29) is 5.54 Å². The second kappa shape index (κ2) is 5.82. The maximum Gasteiger partial charge on any atom is 0.151 e. The molecule has 0 unspecified atom stereocenters. The molecule has 1 N–H and O–H groups in total. The van der Waals surface area contributed by atoms with Gasteiger partial charge in [-0.15, -0.1) is 0 Å². The van der Waals surface area contributed by atoms with Gasteiger partial charge < -0.3 is 14.6 Å². The highest BCUT2D eigenvalue weighted by Gasteiger charge is 2.31. The number of nitrogens with one attached hydrogen (secondary N) is 1. The summed E-state index contributed by atoms with van der Waals surface area (Å²) in [6.45, 7) is 11.5. The Morgan fingerprint density at radius 1 is 1.50 bits per heavy atom. The zero-order valence-electron chi connectivity index (χ0n) is 11.5. The molecular formula is C13H23N3O2. The molecule has 5 heteroatoms. The van der Waals surface area contributed by atoms with Gasteiger partial charge in [-0.05, 0) is 20.4 Å². The minimum absolute atomic E-state index is 0.0624. The highest BCUT2D eigenvalue weighted by Crippen LogP contribution is 2.21. The van der Waals surface area contributed by atoms with Crippen LogP contribution in [0.15, 0.2) is 10.6 Å². The summed E-state index contributed by atoms with van der Waals surface area (Å²) in [5, 5.41) is 7.31. The van der Waals surface area contributed by atoms with Crippen molar-refractivity contribution in [1.82, 2.24) is 15.4 Å². The van der Waals surface area contributed by atoms with E-state index in [1.165, 1.54) is 0 Å². The Morgan fingerprint density at radius 2 is 2.33 bits per heavy atom. The van der Waals surface area contributed by atoms with Gasteiger partial charge in [-0.3, -0.25) is 4.90 Å². The number of hydrogen-bond donors (Lipinski definition) is 1. The molecule has 1 fully saturated rings. The van der Waals surface area contributed by atoms with Crippen molar-refractivity contribution in [1.29, 1.82) is 0 Å². The van der Waals surface area contributed by atoms with Gasteiger partial charge in [-0.25, -0.2) is 0 Å². The van der Waals surface area contributed by atoms with Crippen LogP contribution >= 0.6 is 0 Å². The Hall–Kier alpha value is -0.910. The van der Waals surface area contributed by atoms with Crippen LogP contribution in [-0.4, -0.2) is 41.9 Å². The first-order chi connectivity index (χ1) is 8.62. The van der Waals surface area contributed by atoms with Crippen molar-refractivity contribution in [2.45, 2.75) is 39.4 Å². The molecule has 1 aliphatic rings. The van der Waals surface area contributed by atoms with Crippen molar-refractivity contribution in [2.75, 3.05) is 26.3 Å². The fraction of sp³-hybridized carbons (Fsp3) is 0.769. The number of hydrogen-bond acceptors (Lipinski definition) is 5. The Balaban J connectivity index is 1.94. The summed E-state index contributed by atoms with van der Waals surface area (Å²) in [6, 6.07) is 2.04. The fourth-order valence-electron chi connectivity index (χ4n) is 2.14. The summed E-state index contributed by atoms with van der Waals surface area (Å²) >= 11 is 0. The van der Waals surface area contributed by atoms with Gasteiger partial charge in [0.15, 0.2) is 5.76 Å². The van der Waals surface area contributed by atoms with Crippen LogP contribution in [0.25, 0.3) is 0 Å². The maximum atomic E-state index is 5.51. The van der Waals surface area contributed by atoms with Crippen LogP contribution in [0.3, 0.4) is 0 Å². The van der Waals surface area contributed by atoms with E-state index in [0.717, 1.165) is 50.8 Å². The Labute approximate surface area is 108 Å². The molecule has 5 nitrogen and oxygen atoms in total. The molecule has 0 amide bonds. The molecule has 0 aromatic carbocycles. The summed E-state index contributed by atoms with van der Waals surface area (Å²) in [4.78, 5) is 2.38. The third-order valence-electron chi connectivity index (χ3n) is 3.33. The van der Waals surface area contributed by atoms with Crippen LogP contribution in [-0.2, 0) is 17.8 Å². The largest absolute Gasteiger partial charge is 0.378 e. The standard InChI is InChI=1S/C13H23N3O2/c1-4-14-8-11-7-12(18-15-11)9-16-5-6-17-10-13(16,2)3/h7,14H,4-6,8-10H2,1-3H3. The third-order valence-corrected chi connectivity index (χ3v) is 3.33. The molecule has 0 radical (unpaired) electrons. The van der Waals surface area contributed by atoms with E-state index >= 15 is 0 Å². The molecule has 1 aliphatic heterocycles. The lowest BCUT2D eigenvalue weighted by atomic mass is 10.0. The fourth-order valence-corrected chi connectivity index (χ4v) is 2.14. The second-order valence-corrected chi connectivity index (χ2v) is 5.35. The number of ether oxygens (including phenoxy) is 1. The molecule has 1 aromatic rings. The third kappa shape index (κ3) is 3.31. The highest BCUT2D eigenvalue weighted by atomic mass is 16.5. The van der Waals surface area contributed by atoms with Gasteiger partial charge in [-0.2, -0.15) is 0 Å². The summed E-state index contributed by atoms with van der Waals surface area (Å²) in [5.41, 5.74) is 1.03. The number of aromatic nitrogens is 1. The number of morpholine rings is 1. The molecule has 1 aromatic heterocycles. The van der Waals surface area contributed by atoms with Gasteiger partial charge in [0.05, 0.1) is 25.5 Å². The molecule has 0 aliphatic carbocycles. The SMILES string of the molecule is CCNCc1cc(CN2CCOCC2(C)C)on1. The van der Waals surface area contributed by atoms with Crippen LogP contribution in [0.5, 0.6) is 0 Å². The Morgan fingerprint density at radius 3 is 3.06 bits per heavy atom. The monoisotopic (exact) mass is 253 g/mol. The average molecular weight is 253 g/mol. The molecule has 2 heterocycles. The van der Waals surface area contributed by atoms with Crippen molar-refractivity contribution >= 4 is 0 Å². The number of nitrogens with zero attached hydrogens (tertiary/aromatic N) is 2. The first kappa shape index (κ1) is 13.5. The first-order valence-corrected chi connectivity index (χ1v) is 6.60. The summed E-state index contributed by atoms with van der Waals surface area (Å²) in [6.07, 6.45) is 0. The minimum Gasteiger partial charge on any atom is -0.378 e. The predicted octanol–water partition coefficient (Wildman–Crippen LogP) is 1.39. The van der Waals surface area contributed by atoms with Gasteiger partial charge in [0.25, 0.3) is 0 Å². The van der Waals surface area contributed by atoms with Crippen molar-refractivity contribution in [3.8, 4) is 0 Å². The predicted molar refractivity (Wildman–Crippen MR) is 69.2 cm³/mol. The molecule has 0 spiro atoms. The van der Waals surface area contributed by atoms with Crippen molar-refractivity contribution < 1.29 is 9.26 Å². The van der Waals surface area contributed by atoms with E-state index in [1.54, 1.807) is 0 Å². The van der Waals surface area contributed by atoms with Crippen molar-refractivity contribution in [2.24, 2.45) is 0 Å². The van der Waals surface area contributed by atoms with Gasteiger partial charge >= 0.3 is 0 Å². The van der Waals surface area contributed by atoms with Gasteiger partial charge in [-0.1, -0.05) is 12.1 Å². The van der Waals surface area contributed by atoms with E-state index in [0.29, 0.717) is 0 Å². The van der Waals surface area contributed by atoms with E-state index < -0.39 is 0 Å². The van der Waals surface area contributed by atoms with E-state index in [4.69, 9.17) is 9.26 Å². The number of rotatable bonds is 5. The highest BCUT2D eigenvalue weighted by molar-refractivity contribution is 5.06. The van der Waals surface area contributed by atoms with Crippen molar-refractivity contribution in [3.63, 3.8) is 0 Å². The lowest BCUT2D eigenvalue weighted by Crippen LogP contribution is -2.52. The molecule has 18 heavy (non-hydrogen) atoms. The Kier molecular flexibility index (Phi) is 4.37. The first-order valence-electron chi connectivity index (χ1n) is 6.60. The molecule has 0 bridgehead atoms. The van der Waals surface area contributed by atoms with Crippen molar-refractivity contribution in [3.05, 3.63) is 17.5 Å². The molecular weight excluding hydrogens is 230 g/mol. The molecule has 2 rings (SSSR count). The molecule has 0 saturated carbocycles. The van der Waals surface area contributed by atoms with Gasteiger partial charge in [0, 0.05) is 24.7 Å². The van der Waals surface area contributed by atoms with E-state index in [9.17, 15) is 0 Å². The van der Waals surface area contributed by atoms with Gasteiger partial charge in [0.1, 0.15) is 0 Å². The lowest BCUT2D eigenvalue weighted by molar-refractivity contribution is -0.0582. The zero-order chi connectivity index (χ0) is 13.0. The Bertz CT molecular complexity index is 376. The van der Waals surface area contributed by atoms with Crippen LogP contribution in [0, 0.1) is 0 Å². The smallest absolute Gasteiger partial charge is 0.151 e.